The summed E-state index contributed by atoms with van der Waals surface area (Å²) < 4.78 is 7.54. The SMILES string of the molecule is C[C@@H](O)c1ccc(OCc2cncn2C)cc1. The Morgan fingerprint density at radius 2 is 2.06 bits per heavy atom. The summed E-state index contributed by atoms with van der Waals surface area (Å²) in [5.41, 5.74) is 1.91. The first-order chi connectivity index (χ1) is 8.16. The molecule has 1 heterocycles. The molecule has 2 rings (SSSR count). The van der Waals surface area contributed by atoms with Gasteiger partial charge in [-0.2, -0.15) is 0 Å². The lowest BCUT2D eigenvalue weighted by Gasteiger charge is -2.08. The van der Waals surface area contributed by atoms with E-state index in [9.17, 15) is 5.11 Å². The third-order valence-corrected chi connectivity index (χ3v) is 2.67. The number of aryl methyl sites for hydroxylation is 1. The van der Waals surface area contributed by atoms with Crippen LogP contribution in [0.4, 0.5) is 0 Å². The zero-order valence-corrected chi connectivity index (χ0v) is 10.00. The van der Waals surface area contributed by atoms with Gasteiger partial charge in [0.05, 0.1) is 24.3 Å². The molecule has 1 aromatic carbocycles. The van der Waals surface area contributed by atoms with Crippen LogP contribution in [0.3, 0.4) is 0 Å². The minimum absolute atomic E-state index is 0.443. The lowest BCUT2D eigenvalue weighted by Crippen LogP contribution is -2.01. The van der Waals surface area contributed by atoms with E-state index in [1.54, 1.807) is 19.4 Å². The summed E-state index contributed by atoms with van der Waals surface area (Å²) in [4.78, 5) is 4.02. The molecule has 0 amide bonds. The Kier molecular flexibility index (Phi) is 3.44. The monoisotopic (exact) mass is 232 g/mol. The minimum Gasteiger partial charge on any atom is -0.487 e. The molecule has 0 unspecified atom stereocenters. The molecule has 0 saturated heterocycles. The average Bonchev–Trinajstić information content (AvgIpc) is 2.73. The standard InChI is InChI=1S/C13H16N2O2/c1-10(16)11-3-5-13(6-4-11)17-8-12-7-14-9-15(12)2/h3-7,9-10,16H,8H2,1-2H3/t10-/m1/s1. The Morgan fingerprint density at radius 3 is 2.59 bits per heavy atom. The first-order valence-electron chi connectivity index (χ1n) is 5.53. The van der Waals surface area contributed by atoms with Crippen LogP contribution in [0, 0.1) is 0 Å². The number of nitrogens with zero attached hydrogens (tertiary/aromatic N) is 2. The van der Waals surface area contributed by atoms with Gasteiger partial charge in [-0.05, 0) is 24.6 Å². The molecule has 1 N–H and O–H groups in total. The smallest absolute Gasteiger partial charge is 0.130 e. The number of hydrogen-bond donors (Lipinski definition) is 1. The molecule has 2 aromatic rings. The van der Waals surface area contributed by atoms with Crippen molar-refractivity contribution in [3.63, 3.8) is 0 Å². The van der Waals surface area contributed by atoms with Gasteiger partial charge in [0.25, 0.3) is 0 Å². The van der Waals surface area contributed by atoms with Crippen molar-refractivity contribution >= 4 is 0 Å². The van der Waals surface area contributed by atoms with Crippen LogP contribution in [-0.2, 0) is 13.7 Å². The van der Waals surface area contributed by atoms with Crippen molar-refractivity contribution in [3.05, 3.63) is 48.0 Å². The minimum atomic E-state index is -0.443. The molecule has 0 spiro atoms. The van der Waals surface area contributed by atoms with E-state index in [1.165, 1.54) is 0 Å². The third kappa shape index (κ3) is 2.85. The Morgan fingerprint density at radius 1 is 1.35 bits per heavy atom. The molecule has 4 heteroatoms. The van der Waals surface area contributed by atoms with Gasteiger partial charge < -0.3 is 14.4 Å². The van der Waals surface area contributed by atoms with Gasteiger partial charge >= 0.3 is 0 Å². The largest absolute Gasteiger partial charge is 0.487 e. The molecule has 0 fully saturated rings. The van der Waals surface area contributed by atoms with Gasteiger partial charge in [0, 0.05) is 7.05 Å². The van der Waals surface area contributed by atoms with Crippen molar-refractivity contribution in [3.8, 4) is 5.75 Å². The van der Waals surface area contributed by atoms with E-state index in [4.69, 9.17) is 4.74 Å². The second kappa shape index (κ2) is 5.01. The lowest BCUT2D eigenvalue weighted by atomic mass is 10.1. The molecule has 17 heavy (non-hydrogen) atoms. The van der Waals surface area contributed by atoms with Crippen LogP contribution in [0.1, 0.15) is 24.3 Å². The zero-order chi connectivity index (χ0) is 12.3. The number of ether oxygens (including phenoxy) is 1. The van der Waals surface area contributed by atoms with Gasteiger partial charge in [-0.25, -0.2) is 4.98 Å². The molecule has 1 aromatic heterocycles. The van der Waals surface area contributed by atoms with Crippen LogP contribution in [0.25, 0.3) is 0 Å². The summed E-state index contributed by atoms with van der Waals surface area (Å²) in [6.45, 7) is 2.23. The van der Waals surface area contributed by atoms with Crippen molar-refractivity contribution < 1.29 is 9.84 Å². The molecule has 1 atom stereocenters. The quantitative estimate of drug-likeness (QED) is 0.877. The number of aliphatic hydroxyl groups excluding tert-OH is 1. The molecule has 4 nitrogen and oxygen atoms in total. The van der Waals surface area contributed by atoms with E-state index in [0.29, 0.717) is 6.61 Å². The van der Waals surface area contributed by atoms with Gasteiger partial charge in [-0.1, -0.05) is 12.1 Å². The Balaban J connectivity index is 1.98. The predicted molar refractivity (Wildman–Crippen MR) is 64.6 cm³/mol. The van der Waals surface area contributed by atoms with Gasteiger partial charge in [-0.15, -0.1) is 0 Å². The van der Waals surface area contributed by atoms with Crippen LogP contribution in [0.2, 0.25) is 0 Å². The van der Waals surface area contributed by atoms with Gasteiger partial charge in [0.15, 0.2) is 0 Å². The van der Waals surface area contributed by atoms with E-state index in [1.807, 2.05) is 35.9 Å². The van der Waals surface area contributed by atoms with Crippen molar-refractivity contribution in [1.82, 2.24) is 9.55 Å². The molecule has 0 bridgehead atoms. The highest BCUT2D eigenvalue weighted by molar-refractivity contribution is 5.28. The summed E-state index contributed by atoms with van der Waals surface area (Å²) in [6, 6.07) is 7.45. The molecular formula is C13H16N2O2. The fourth-order valence-corrected chi connectivity index (χ4v) is 1.52. The Hall–Kier alpha value is -1.81. The van der Waals surface area contributed by atoms with Crippen molar-refractivity contribution in [2.75, 3.05) is 0 Å². The number of imidazole rings is 1. The van der Waals surface area contributed by atoms with Crippen molar-refractivity contribution in [2.45, 2.75) is 19.6 Å². The summed E-state index contributed by atoms with van der Waals surface area (Å²) in [5, 5.41) is 9.38. The summed E-state index contributed by atoms with van der Waals surface area (Å²) in [6.07, 6.45) is 3.08. The first kappa shape index (κ1) is 11.7. The maximum absolute atomic E-state index is 9.38. The second-order valence-electron chi connectivity index (χ2n) is 4.03. The molecule has 0 aliphatic rings. The number of aromatic nitrogens is 2. The van der Waals surface area contributed by atoms with Gasteiger partial charge in [0.2, 0.25) is 0 Å². The highest BCUT2D eigenvalue weighted by Gasteiger charge is 2.02. The van der Waals surface area contributed by atoms with E-state index in [-0.39, 0.29) is 0 Å². The fraction of sp³-hybridized carbons (Fsp3) is 0.308. The molecule has 0 aliphatic heterocycles. The molecule has 0 radical (unpaired) electrons. The number of hydrogen-bond acceptors (Lipinski definition) is 3. The maximum atomic E-state index is 9.38. The second-order valence-corrected chi connectivity index (χ2v) is 4.03. The normalized spacial score (nSPS) is 12.4. The summed E-state index contributed by atoms with van der Waals surface area (Å²) >= 11 is 0. The topological polar surface area (TPSA) is 47.3 Å². The Labute approximate surface area is 100 Å². The zero-order valence-electron chi connectivity index (χ0n) is 10.00. The van der Waals surface area contributed by atoms with Crippen LogP contribution >= 0.6 is 0 Å². The predicted octanol–water partition coefficient (Wildman–Crippen LogP) is 2.05. The van der Waals surface area contributed by atoms with Gasteiger partial charge in [0.1, 0.15) is 12.4 Å². The van der Waals surface area contributed by atoms with Gasteiger partial charge in [-0.3, -0.25) is 0 Å². The average molecular weight is 232 g/mol. The maximum Gasteiger partial charge on any atom is 0.130 e. The number of aliphatic hydroxyl groups is 1. The van der Waals surface area contributed by atoms with E-state index in [0.717, 1.165) is 17.0 Å². The molecule has 90 valence electrons. The van der Waals surface area contributed by atoms with Crippen LogP contribution < -0.4 is 4.74 Å². The summed E-state index contributed by atoms with van der Waals surface area (Å²) in [5.74, 6) is 0.788. The number of rotatable bonds is 4. The van der Waals surface area contributed by atoms with Crippen molar-refractivity contribution in [2.24, 2.45) is 7.05 Å². The highest BCUT2D eigenvalue weighted by atomic mass is 16.5. The van der Waals surface area contributed by atoms with Crippen LogP contribution in [0.15, 0.2) is 36.8 Å². The Bertz CT molecular complexity index is 474. The van der Waals surface area contributed by atoms with Crippen LogP contribution in [-0.4, -0.2) is 14.7 Å². The van der Waals surface area contributed by atoms with E-state index >= 15 is 0 Å². The van der Waals surface area contributed by atoms with E-state index < -0.39 is 6.10 Å². The molecule has 0 saturated carbocycles. The molecule has 0 aliphatic carbocycles. The fourth-order valence-electron chi connectivity index (χ4n) is 1.52. The first-order valence-corrected chi connectivity index (χ1v) is 5.53. The number of benzene rings is 1. The molecular weight excluding hydrogens is 216 g/mol. The third-order valence-electron chi connectivity index (χ3n) is 2.67. The van der Waals surface area contributed by atoms with E-state index in [2.05, 4.69) is 4.98 Å². The lowest BCUT2D eigenvalue weighted by molar-refractivity contribution is 0.199. The van der Waals surface area contributed by atoms with Crippen LogP contribution in [0.5, 0.6) is 5.75 Å². The summed E-state index contributed by atoms with van der Waals surface area (Å²) in [7, 11) is 1.93. The van der Waals surface area contributed by atoms with Crippen molar-refractivity contribution in [1.29, 1.82) is 0 Å². The highest BCUT2D eigenvalue weighted by Crippen LogP contribution is 2.18.